The highest BCUT2D eigenvalue weighted by Gasteiger charge is 2.37. The second kappa shape index (κ2) is 5.94. The number of nitrogens with zero attached hydrogens (tertiary/aromatic N) is 2. The summed E-state index contributed by atoms with van der Waals surface area (Å²) in [5.41, 5.74) is 7.44. The minimum absolute atomic E-state index is 0.133. The van der Waals surface area contributed by atoms with Crippen LogP contribution in [0.4, 0.5) is 0 Å². The van der Waals surface area contributed by atoms with Crippen molar-refractivity contribution in [3.8, 4) is 5.69 Å². The van der Waals surface area contributed by atoms with Crippen LogP contribution < -0.4 is 0 Å². The van der Waals surface area contributed by atoms with Crippen LogP contribution in [0.3, 0.4) is 0 Å². The lowest BCUT2D eigenvalue weighted by atomic mass is 9.63. The fourth-order valence-electron chi connectivity index (χ4n) is 4.59. The SMILES string of the molecule is Cc1cc2c(cc1-n1c(C)nc3cc(C(=O)O)ccc31)C(C)(C)CCC2(C)C. The molecule has 1 heterocycles. The van der Waals surface area contributed by atoms with Gasteiger partial charge in [0.2, 0.25) is 0 Å². The molecule has 0 fully saturated rings. The molecule has 0 atom stereocenters. The van der Waals surface area contributed by atoms with Gasteiger partial charge in [0.05, 0.1) is 22.3 Å². The van der Waals surface area contributed by atoms with Gasteiger partial charge in [-0.2, -0.15) is 0 Å². The highest BCUT2D eigenvalue weighted by Crippen LogP contribution is 2.47. The van der Waals surface area contributed by atoms with E-state index < -0.39 is 5.97 Å². The molecule has 0 aliphatic heterocycles. The Morgan fingerprint density at radius 1 is 1.00 bits per heavy atom. The summed E-state index contributed by atoms with van der Waals surface area (Å²) in [5, 5.41) is 9.29. The van der Waals surface area contributed by atoms with E-state index in [1.807, 2.05) is 13.0 Å². The Kier molecular flexibility index (Phi) is 3.97. The fourth-order valence-corrected chi connectivity index (χ4v) is 4.59. The van der Waals surface area contributed by atoms with Gasteiger partial charge in [-0.15, -0.1) is 0 Å². The molecule has 0 radical (unpaired) electrons. The van der Waals surface area contributed by atoms with Crippen molar-refractivity contribution in [3.05, 3.63) is 58.4 Å². The number of imidazole rings is 1. The molecule has 0 bridgehead atoms. The molecule has 0 saturated carbocycles. The van der Waals surface area contributed by atoms with Gasteiger partial charge >= 0.3 is 5.97 Å². The van der Waals surface area contributed by atoms with Crippen LogP contribution in [0.1, 0.15) is 73.4 Å². The number of aryl methyl sites for hydroxylation is 2. The second-order valence-electron chi connectivity index (χ2n) is 9.46. The molecule has 2 aromatic carbocycles. The smallest absolute Gasteiger partial charge is 0.335 e. The molecular weight excluding hydrogens is 348 g/mol. The summed E-state index contributed by atoms with van der Waals surface area (Å²) in [6.45, 7) is 13.5. The van der Waals surface area contributed by atoms with Crippen LogP contribution in [0.25, 0.3) is 16.7 Å². The highest BCUT2D eigenvalue weighted by atomic mass is 16.4. The summed E-state index contributed by atoms with van der Waals surface area (Å²) in [6, 6.07) is 9.87. The van der Waals surface area contributed by atoms with Crippen molar-refractivity contribution >= 4 is 17.0 Å². The Balaban J connectivity index is 1.98. The van der Waals surface area contributed by atoms with Gasteiger partial charge in [0.1, 0.15) is 5.82 Å². The Bertz CT molecular complexity index is 1120. The van der Waals surface area contributed by atoms with E-state index in [4.69, 9.17) is 0 Å². The van der Waals surface area contributed by atoms with Gasteiger partial charge in [-0.05, 0) is 78.5 Å². The molecule has 28 heavy (non-hydrogen) atoms. The van der Waals surface area contributed by atoms with E-state index in [2.05, 4.69) is 56.3 Å². The van der Waals surface area contributed by atoms with E-state index in [-0.39, 0.29) is 16.4 Å². The van der Waals surface area contributed by atoms with Crippen molar-refractivity contribution in [1.82, 2.24) is 9.55 Å². The maximum Gasteiger partial charge on any atom is 0.335 e. The van der Waals surface area contributed by atoms with Gasteiger partial charge in [-0.25, -0.2) is 9.78 Å². The van der Waals surface area contributed by atoms with Crippen LogP contribution >= 0.6 is 0 Å². The molecule has 0 amide bonds. The van der Waals surface area contributed by atoms with Gasteiger partial charge in [-0.3, -0.25) is 4.57 Å². The zero-order valence-electron chi connectivity index (χ0n) is 17.6. The quantitative estimate of drug-likeness (QED) is 0.625. The normalized spacial score (nSPS) is 17.5. The first-order valence-corrected chi connectivity index (χ1v) is 9.90. The number of aromatic carboxylic acids is 1. The molecule has 3 aromatic rings. The minimum atomic E-state index is -0.928. The Morgan fingerprint density at radius 2 is 1.61 bits per heavy atom. The lowest BCUT2D eigenvalue weighted by molar-refractivity contribution is 0.0697. The summed E-state index contributed by atoms with van der Waals surface area (Å²) in [6.07, 6.45) is 2.36. The van der Waals surface area contributed by atoms with Gasteiger partial charge < -0.3 is 5.11 Å². The maximum absolute atomic E-state index is 11.3. The molecule has 146 valence electrons. The van der Waals surface area contributed by atoms with Crippen LogP contribution in [0, 0.1) is 13.8 Å². The monoisotopic (exact) mass is 376 g/mol. The third kappa shape index (κ3) is 2.74. The number of hydrogen-bond acceptors (Lipinski definition) is 2. The lowest BCUT2D eigenvalue weighted by Crippen LogP contribution is -2.34. The van der Waals surface area contributed by atoms with Gasteiger partial charge in [0.15, 0.2) is 0 Å². The molecule has 4 heteroatoms. The van der Waals surface area contributed by atoms with Crippen molar-refractivity contribution < 1.29 is 9.90 Å². The zero-order chi connectivity index (χ0) is 20.4. The summed E-state index contributed by atoms with van der Waals surface area (Å²) < 4.78 is 2.16. The number of hydrogen-bond donors (Lipinski definition) is 1. The van der Waals surface area contributed by atoms with Crippen molar-refractivity contribution in [3.63, 3.8) is 0 Å². The van der Waals surface area contributed by atoms with Crippen LogP contribution in [0.2, 0.25) is 0 Å². The van der Waals surface area contributed by atoms with E-state index in [1.54, 1.807) is 12.1 Å². The number of aromatic nitrogens is 2. The Hall–Kier alpha value is -2.62. The van der Waals surface area contributed by atoms with Crippen molar-refractivity contribution in [2.24, 2.45) is 0 Å². The third-order valence-corrected chi connectivity index (χ3v) is 6.48. The highest BCUT2D eigenvalue weighted by molar-refractivity contribution is 5.93. The number of carbonyl (C=O) groups is 1. The standard InChI is InChI=1S/C24H28N2O2/c1-14-11-17-18(24(5,6)10-9-23(17,3)4)13-21(14)26-15(2)25-19-12-16(22(27)28)7-8-20(19)26/h7-8,11-13H,9-10H2,1-6H3,(H,27,28). The van der Waals surface area contributed by atoms with Crippen LogP contribution in [-0.2, 0) is 10.8 Å². The summed E-state index contributed by atoms with van der Waals surface area (Å²) in [5.74, 6) is -0.0588. The largest absolute Gasteiger partial charge is 0.478 e. The molecule has 0 spiro atoms. The minimum Gasteiger partial charge on any atom is -0.478 e. The molecular formula is C24H28N2O2. The van der Waals surface area contributed by atoms with Crippen molar-refractivity contribution in [2.75, 3.05) is 0 Å². The topological polar surface area (TPSA) is 55.1 Å². The van der Waals surface area contributed by atoms with Gasteiger partial charge in [0, 0.05) is 0 Å². The number of rotatable bonds is 2. The third-order valence-electron chi connectivity index (χ3n) is 6.48. The fraction of sp³-hybridized carbons (Fsp3) is 0.417. The van der Waals surface area contributed by atoms with Crippen LogP contribution in [-0.4, -0.2) is 20.6 Å². The van der Waals surface area contributed by atoms with Crippen LogP contribution in [0.5, 0.6) is 0 Å². The predicted octanol–water partition coefficient (Wildman–Crippen LogP) is 5.69. The average molecular weight is 377 g/mol. The van der Waals surface area contributed by atoms with Crippen molar-refractivity contribution in [2.45, 2.75) is 65.2 Å². The first kappa shape index (κ1) is 18.7. The number of fused-ring (bicyclic) bond motifs is 2. The first-order valence-electron chi connectivity index (χ1n) is 9.90. The molecule has 1 aliphatic carbocycles. The maximum atomic E-state index is 11.3. The Morgan fingerprint density at radius 3 is 2.21 bits per heavy atom. The predicted molar refractivity (Wildman–Crippen MR) is 113 cm³/mol. The van der Waals surface area contributed by atoms with Gasteiger partial charge in [0.25, 0.3) is 0 Å². The van der Waals surface area contributed by atoms with Crippen LogP contribution in [0.15, 0.2) is 30.3 Å². The Labute approximate surface area is 166 Å². The van der Waals surface area contributed by atoms with Gasteiger partial charge in [-0.1, -0.05) is 33.8 Å². The molecule has 1 aromatic heterocycles. The molecule has 4 nitrogen and oxygen atoms in total. The number of carboxylic acids is 1. The first-order chi connectivity index (χ1) is 13.0. The molecule has 0 unspecified atom stereocenters. The second-order valence-corrected chi connectivity index (χ2v) is 9.46. The number of carboxylic acid groups (broad SMARTS) is 1. The molecule has 1 N–H and O–H groups in total. The average Bonchev–Trinajstić information content (AvgIpc) is 2.93. The summed E-state index contributed by atoms with van der Waals surface area (Å²) in [4.78, 5) is 16.0. The summed E-state index contributed by atoms with van der Waals surface area (Å²) in [7, 11) is 0. The van der Waals surface area contributed by atoms with Crippen molar-refractivity contribution in [1.29, 1.82) is 0 Å². The number of benzene rings is 2. The zero-order valence-corrected chi connectivity index (χ0v) is 17.6. The van der Waals surface area contributed by atoms with E-state index in [0.717, 1.165) is 17.0 Å². The molecule has 1 aliphatic rings. The molecule has 0 saturated heterocycles. The van der Waals surface area contributed by atoms with E-state index in [1.165, 1.54) is 29.5 Å². The van der Waals surface area contributed by atoms with E-state index >= 15 is 0 Å². The molecule has 4 rings (SSSR count). The summed E-state index contributed by atoms with van der Waals surface area (Å²) >= 11 is 0. The van der Waals surface area contributed by atoms with E-state index in [9.17, 15) is 9.90 Å². The lowest BCUT2D eigenvalue weighted by Gasteiger charge is -2.42. The van der Waals surface area contributed by atoms with E-state index in [0.29, 0.717) is 5.52 Å².